The third-order valence-electron chi connectivity index (χ3n) is 5.48. The number of rotatable bonds is 7. The highest BCUT2D eigenvalue weighted by Crippen LogP contribution is 2.29. The number of benzene rings is 3. The Labute approximate surface area is 192 Å². The molecule has 0 saturated heterocycles. The van der Waals surface area contributed by atoms with Gasteiger partial charge in [-0.2, -0.15) is 0 Å². The van der Waals surface area contributed by atoms with E-state index in [1.807, 2.05) is 37.3 Å². The Morgan fingerprint density at radius 3 is 2.78 bits per heavy atom. The summed E-state index contributed by atoms with van der Waals surface area (Å²) < 4.78 is 11.6. The van der Waals surface area contributed by atoms with Crippen molar-refractivity contribution in [3.8, 4) is 17.2 Å². The van der Waals surface area contributed by atoms with Crippen molar-refractivity contribution in [1.29, 1.82) is 0 Å². The van der Waals surface area contributed by atoms with Gasteiger partial charge >= 0.3 is 0 Å². The van der Waals surface area contributed by atoms with E-state index in [9.17, 15) is 4.79 Å². The maximum absolute atomic E-state index is 12.4. The molecule has 0 spiro atoms. The smallest absolute Gasteiger partial charge is 0.262 e. The van der Waals surface area contributed by atoms with Crippen molar-refractivity contribution in [1.82, 2.24) is 4.98 Å². The first-order valence-electron chi connectivity index (χ1n) is 10.6. The molecule has 0 bridgehead atoms. The van der Waals surface area contributed by atoms with E-state index in [1.54, 1.807) is 18.2 Å². The number of ether oxygens (including phenoxy) is 1. The van der Waals surface area contributed by atoms with Crippen LogP contribution in [0.5, 0.6) is 5.75 Å². The standard InChI is InChI=1S/C26H25ClN2O3/c1-4-16(2)18-8-10-24-22(14-18)29-26(32-24)19-6-5-7-21(13-19)28-25(30)15-31-23-11-9-20(27)12-17(23)3/h5-14,16H,4,15H2,1-3H3,(H,28,30)/t16-/m1/s1. The molecule has 1 amide bonds. The molecule has 4 aromatic rings. The van der Waals surface area contributed by atoms with Crippen LogP contribution < -0.4 is 10.1 Å². The second-order valence-electron chi connectivity index (χ2n) is 7.88. The number of carbonyl (C=O) groups is 1. The van der Waals surface area contributed by atoms with E-state index >= 15 is 0 Å². The number of halogens is 1. The second kappa shape index (κ2) is 9.45. The van der Waals surface area contributed by atoms with Crippen molar-refractivity contribution in [3.05, 3.63) is 76.8 Å². The number of aryl methyl sites for hydroxylation is 1. The highest BCUT2D eigenvalue weighted by molar-refractivity contribution is 6.30. The number of oxazole rings is 1. The molecular formula is C26H25ClN2O3. The van der Waals surface area contributed by atoms with Crippen LogP contribution in [0, 0.1) is 6.92 Å². The first-order chi connectivity index (χ1) is 15.4. The minimum Gasteiger partial charge on any atom is -0.483 e. The van der Waals surface area contributed by atoms with E-state index in [4.69, 9.17) is 20.8 Å². The maximum atomic E-state index is 12.4. The Kier molecular flexibility index (Phi) is 6.47. The predicted octanol–water partition coefficient (Wildman–Crippen LogP) is 6.99. The highest BCUT2D eigenvalue weighted by Gasteiger charge is 2.12. The molecule has 1 aromatic heterocycles. The van der Waals surface area contributed by atoms with Gasteiger partial charge in [0, 0.05) is 16.3 Å². The van der Waals surface area contributed by atoms with Gasteiger partial charge in [0.1, 0.15) is 11.3 Å². The number of hydrogen-bond acceptors (Lipinski definition) is 4. The normalized spacial score (nSPS) is 12.0. The van der Waals surface area contributed by atoms with Crippen LogP contribution in [0.3, 0.4) is 0 Å². The van der Waals surface area contributed by atoms with E-state index in [0.717, 1.165) is 28.6 Å². The molecule has 6 heteroatoms. The van der Waals surface area contributed by atoms with Crippen LogP contribution in [0.2, 0.25) is 5.02 Å². The summed E-state index contributed by atoms with van der Waals surface area (Å²) in [4.78, 5) is 17.0. The van der Waals surface area contributed by atoms with Crippen molar-refractivity contribution in [2.75, 3.05) is 11.9 Å². The van der Waals surface area contributed by atoms with E-state index in [-0.39, 0.29) is 12.5 Å². The van der Waals surface area contributed by atoms with E-state index in [0.29, 0.717) is 28.3 Å². The SMILES string of the molecule is CC[C@@H](C)c1ccc2oc(-c3cccc(NC(=O)COc4ccc(Cl)cc4C)c3)nc2c1. The zero-order valence-electron chi connectivity index (χ0n) is 18.3. The van der Waals surface area contributed by atoms with Crippen molar-refractivity contribution in [2.24, 2.45) is 0 Å². The summed E-state index contributed by atoms with van der Waals surface area (Å²) in [7, 11) is 0. The Morgan fingerprint density at radius 1 is 1.16 bits per heavy atom. The fraction of sp³-hybridized carbons (Fsp3) is 0.231. The molecule has 1 atom stereocenters. The summed E-state index contributed by atoms with van der Waals surface area (Å²) in [5, 5.41) is 3.49. The Bertz CT molecular complexity index is 1270. The monoisotopic (exact) mass is 448 g/mol. The molecule has 3 aromatic carbocycles. The van der Waals surface area contributed by atoms with Crippen molar-refractivity contribution < 1.29 is 13.9 Å². The molecule has 1 N–H and O–H groups in total. The third-order valence-corrected chi connectivity index (χ3v) is 5.72. The summed E-state index contributed by atoms with van der Waals surface area (Å²) in [6.45, 7) is 6.15. The van der Waals surface area contributed by atoms with Gasteiger partial charge in [0.15, 0.2) is 12.2 Å². The molecule has 0 radical (unpaired) electrons. The predicted molar refractivity (Wildman–Crippen MR) is 128 cm³/mol. The first-order valence-corrected chi connectivity index (χ1v) is 11.0. The molecule has 0 fully saturated rings. The number of amides is 1. The van der Waals surface area contributed by atoms with Crippen LogP contribution in [0.4, 0.5) is 5.69 Å². The van der Waals surface area contributed by atoms with Crippen molar-refractivity contribution >= 4 is 34.3 Å². The number of nitrogens with zero attached hydrogens (tertiary/aromatic N) is 1. The number of aromatic nitrogens is 1. The zero-order valence-corrected chi connectivity index (χ0v) is 19.1. The largest absolute Gasteiger partial charge is 0.483 e. The van der Waals surface area contributed by atoms with Crippen molar-refractivity contribution in [3.63, 3.8) is 0 Å². The summed E-state index contributed by atoms with van der Waals surface area (Å²) in [6, 6.07) is 18.8. The van der Waals surface area contributed by atoms with E-state index in [1.165, 1.54) is 5.56 Å². The molecule has 5 nitrogen and oxygen atoms in total. The maximum Gasteiger partial charge on any atom is 0.262 e. The van der Waals surface area contributed by atoms with Crippen LogP contribution in [-0.4, -0.2) is 17.5 Å². The lowest BCUT2D eigenvalue weighted by Crippen LogP contribution is -2.20. The summed E-state index contributed by atoms with van der Waals surface area (Å²) >= 11 is 5.96. The van der Waals surface area contributed by atoms with Gasteiger partial charge in [-0.05, 0) is 78.9 Å². The van der Waals surface area contributed by atoms with Crippen LogP contribution >= 0.6 is 11.6 Å². The van der Waals surface area contributed by atoms with Crippen LogP contribution in [0.25, 0.3) is 22.6 Å². The van der Waals surface area contributed by atoms with Gasteiger partial charge in [0.25, 0.3) is 5.91 Å². The number of nitrogens with one attached hydrogen (secondary N) is 1. The molecule has 164 valence electrons. The van der Waals surface area contributed by atoms with Gasteiger partial charge < -0.3 is 14.5 Å². The van der Waals surface area contributed by atoms with Gasteiger partial charge in [-0.25, -0.2) is 4.98 Å². The van der Waals surface area contributed by atoms with Gasteiger partial charge in [0.2, 0.25) is 5.89 Å². The fourth-order valence-electron chi connectivity index (χ4n) is 3.46. The molecule has 0 aliphatic carbocycles. The van der Waals surface area contributed by atoms with Crippen LogP contribution in [0.1, 0.15) is 37.3 Å². The number of fused-ring (bicyclic) bond motifs is 1. The third kappa shape index (κ3) is 4.94. The molecule has 32 heavy (non-hydrogen) atoms. The Hall–Kier alpha value is -3.31. The van der Waals surface area contributed by atoms with E-state index in [2.05, 4.69) is 36.3 Å². The summed E-state index contributed by atoms with van der Waals surface area (Å²) in [6.07, 6.45) is 1.07. The molecule has 0 unspecified atom stereocenters. The lowest BCUT2D eigenvalue weighted by Gasteiger charge is -2.10. The second-order valence-corrected chi connectivity index (χ2v) is 8.32. The number of anilines is 1. The minimum absolute atomic E-state index is 0.103. The van der Waals surface area contributed by atoms with Gasteiger partial charge in [-0.1, -0.05) is 37.6 Å². The molecular weight excluding hydrogens is 424 g/mol. The summed E-state index contributed by atoms with van der Waals surface area (Å²) in [5.74, 6) is 1.36. The highest BCUT2D eigenvalue weighted by atomic mass is 35.5. The van der Waals surface area contributed by atoms with Gasteiger partial charge in [-0.15, -0.1) is 0 Å². The van der Waals surface area contributed by atoms with E-state index < -0.39 is 0 Å². The Morgan fingerprint density at radius 2 is 2.00 bits per heavy atom. The number of carbonyl (C=O) groups excluding carboxylic acids is 1. The van der Waals surface area contributed by atoms with Gasteiger partial charge in [0.05, 0.1) is 0 Å². The number of hydrogen-bond donors (Lipinski definition) is 1. The summed E-state index contributed by atoms with van der Waals surface area (Å²) in [5.41, 5.74) is 5.13. The quantitative estimate of drug-likeness (QED) is 0.331. The minimum atomic E-state index is -0.257. The lowest BCUT2D eigenvalue weighted by molar-refractivity contribution is -0.118. The Balaban J connectivity index is 1.46. The molecule has 0 aliphatic rings. The van der Waals surface area contributed by atoms with Crippen molar-refractivity contribution in [2.45, 2.75) is 33.1 Å². The average molecular weight is 449 g/mol. The molecule has 4 rings (SSSR count). The lowest BCUT2D eigenvalue weighted by atomic mass is 9.98. The molecule has 0 saturated carbocycles. The van der Waals surface area contributed by atoms with Gasteiger partial charge in [-0.3, -0.25) is 4.79 Å². The average Bonchev–Trinajstić information content (AvgIpc) is 3.21. The zero-order chi connectivity index (χ0) is 22.7. The molecule has 0 aliphatic heterocycles. The topological polar surface area (TPSA) is 64.4 Å². The molecule has 1 heterocycles. The first kappa shape index (κ1) is 21.9. The fourth-order valence-corrected chi connectivity index (χ4v) is 3.68. The van der Waals surface area contributed by atoms with Crippen LogP contribution in [0.15, 0.2) is 65.1 Å². The van der Waals surface area contributed by atoms with Crippen LogP contribution in [-0.2, 0) is 4.79 Å².